The van der Waals surface area contributed by atoms with Gasteiger partial charge < -0.3 is 10.4 Å². The van der Waals surface area contributed by atoms with Crippen molar-refractivity contribution < 1.29 is 14.7 Å². The zero-order chi connectivity index (χ0) is 15.3. The molecule has 5 heteroatoms. The molecule has 1 amide bonds. The van der Waals surface area contributed by atoms with E-state index in [2.05, 4.69) is 5.32 Å². The molecule has 0 aliphatic rings. The van der Waals surface area contributed by atoms with Gasteiger partial charge in [0.05, 0.1) is 4.75 Å². The van der Waals surface area contributed by atoms with Crippen molar-refractivity contribution in [3.05, 3.63) is 30.3 Å². The van der Waals surface area contributed by atoms with E-state index in [0.717, 1.165) is 4.90 Å². The maximum Gasteiger partial charge on any atom is 0.326 e. The summed E-state index contributed by atoms with van der Waals surface area (Å²) >= 11 is 1.41. The fraction of sp³-hybridized carbons (Fsp3) is 0.467. The van der Waals surface area contributed by atoms with Gasteiger partial charge in [-0.15, -0.1) is 11.8 Å². The van der Waals surface area contributed by atoms with Gasteiger partial charge in [-0.3, -0.25) is 4.79 Å². The van der Waals surface area contributed by atoms with Crippen LogP contribution in [0.4, 0.5) is 0 Å². The van der Waals surface area contributed by atoms with E-state index in [1.165, 1.54) is 11.8 Å². The first-order valence-corrected chi connectivity index (χ1v) is 7.33. The number of carbonyl (C=O) groups is 2. The third kappa shape index (κ3) is 4.56. The number of nitrogens with one attached hydrogen (secondary N) is 1. The van der Waals surface area contributed by atoms with Gasteiger partial charge in [0.1, 0.15) is 6.04 Å². The molecule has 0 fully saturated rings. The molecule has 110 valence electrons. The lowest BCUT2D eigenvalue weighted by molar-refractivity contribution is -0.143. The molecule has 0 saturated heterocycles. The van der Waals surface area contributed by atoms with Gasteiger partial charge >= 0.3 is 5.97 Å². The van der Waals surface area contributed by atoms with E-state index in [4.69, 9.17) is 5.11 Å². The molecular formula is C15H21NO3S. The van der Waals surface area contributed by atoms with Gasteiger partial charge in [0.25, 0.3) is 0 Å². The highest BCUT2D eigenvalue weighted by Gasteiger charge is 2.33. The van der Waals surface area contributed by atoms with Gasteiger partial charge in [0.15, 0.2) is 0 Å². The van der Waals surface area contributed by atoms with Crippen LogP contribution in [0.3, 0.4) is 0 Å². The van der Waals surface area contributed by atoms with Gasteiger partial charge in [-0.2, -0.15) is 0 Å². The fourth-order valence-corrected chi connectivity index (χ4v) is 2.69. The number of benzene rings is 1. The molecule has 0 spiro atoms. The van der Waals surface area contributed by atoms with Gasteiger partial charge in [0.2, 0.25) is 5.91 Å². The molecule has 1 rings (SSSR count). The molecule has 0 bridgehead atoms. The molecule has 1 aromatic rings. The molecule has 0 aliphatic carbocycles. The zero-order valence-electron chi connectivity index (χ0n) is 12.2. The smallest absolute Gasteiger partial charge is 0.326 e. The van der Waals surface area contributed by atoms with E-state index >= 15 is 0 Å². The first-order chi connectivity index (χ1) is 9.24. The Morgan fingerprint density at radius 2 is 1.75 bits per heavy atom. The highest BCUT2D eigenvalue weighted by molar-refractivity contribution is 8.01. The van der Waals surface area contributed by atoms with Crippen molar-refractivity contribution in [2.75, 3.05) is 0 Å². The van der Waals surface area contributed by atoms with Crippen molar-refractivity contribution >= 4 is 23.6 Å². The summed E-state index contributed by atoms with van der Waals surface area (Å²) in [6.07, 6.45) is 0. The summed E-state index contributed by atoms with van der Waals surface area (Å²) in [5, 5.41) is 11.7. The predicted octanol–water partition coefficient (Wildman–Crippen LogP) is 2.78. The second-order valence-corrected chi connectivity index (χ2v) is 7.15. The van der Waals surface area contributed by atoms with Crippen LogP contribution in [0.1, 0.15) is 27.7 Å². The van der Waals surface area contributed by atoms with E-state index in [-0.39, 0.29) is 11.8 Å². The number of carboxylic acids is 1. The minimum atomic E-state index is -1.01. The lowest BCUT2D eigenvalue weighted by Gasteiger charge is -2.26. The van der Waals surface area contributed by atoms with Crippen LogP contribution >= 0.6 is 11.8 Å². The Hall–Kier alpha value is -1.49. The van der Waals surface area contributed by atoms with Crippen LogP contribution in [0, 0.1) is 5.92 Å². The second kappa shape index (κ2) is 6.79. The molecule has 0 heterocycles. The van der Waals surface area contributed by atoms with Crippen LogP contribution in [0.15, 0.2) is 35.2 Å². The fourth-order valence-electron chi connectivity index (χ4n) is 1.66. The van der Waals surface area contributed by atoms with Crippen LogP contribution in [-0.4, -0.2) is 27.8 Å². The first-order valence-electron chi connectivity index (χ1n) is 6.52. The van der Waals surface area contributed by atoms with Crippen LogP contribution in [-0.2, 0) is 9.59 Å². The molecule has 0 radical (unpaired) electrons. The Balaban J connectivity index is 2.76. The van der Waals surface area contributed by atoms with E-state index in [9.17, 15) is 9.59 Å². The number of carboxylic acid groups (broad SMARTS) is 1. The molecule has 1 atom stereocenters. The Morgan fingerprint density at radius 3 is 2.20 bits per heavy atom. The quantitative estimate of drug-likeness (QED) is 0.792. The van der Waals surface area contributed by atoms with Crippen molar-refractivity contribution in [3.8, 4) is 0 Å². The lowest BCUT2D eigenvalue weighted by Crippen LogP contribution is -2.50. The molecular weight excluding hydrogens is 274 g/mol. The topological polar surface area (TPSA) is 66.4 Å². The summed E-state index contributed by atoms with van der Waals surface area (Å²) in [4.78, 5) is 24.4. The van der Waals surface area contributed by atoms with Crippen LogP contribution in [0.2, 0.25) is 0 Å². The maximum absolute atomic E-state index is 12.3. The monoisotopic (exact) mass is 295 g/mol. The summed E-state index contributed by atoms with van der Waals surface area (Å²) in [6.45, 7) is 7.13. The minimum Gasteiger partial charge on any atom is -0.480 e. The highest BCUT2D eigenvalue weighted by Crippen LogP contribution is 2.32. The molecule has 2 N–H and O–H groups in total. The van der Waals surface area contributed by atoms with Crippen molar-refractivity contribution in [1.82, 2.24) is 5.32 Å². The average molecular weight is 295 g/mol. The maximum atomic E-state index is 12.3. The Bertz CT molecular complexity index is 471. The Labute approximate surface area is 124 Å². The molecule has 20 heavy (non-hydrogen) atoms. The number of rotatable bonds is 6. The summed E-state index contributed by atoms with van der Waals surface area (Å²) in [7, 11) is 0. The van der Waals surface area contributed by atoms with Crippen LogP contribution in [0.5, 0.6) is 0 Å². The molecule has 0 saturated carbocycles. The van der Waals surface area contributed by atoms with E-state index in [1.54, 1.807) is 27.7 Å². The average Bonchev–Trinajstić information content (AvgIpc) is 2.35. The Morgan fingerprint density at radius 1 is 1.20 bits per heavy atom. The SMILES string of the molecule is CC(C)C(NC(=O)C(C)(C)Sc1ccccc1)C(=O)O. The molecule has 0 aromatic heterocycles. The van der Waals surface area contributed by atoms with Gasteiger partial charge in [-0.05, 0) is 31.9 Å². The summed E-state index contributed by atoms with van der Waals surface area (Å²) in [5.74, 6) is -1.43. The number of amides is 1. The van der Waals surface area contributed by atoms with E-state index < -0.39 is 16.8 Å². The van der Waals surface area contributed by atoms with Gasteiger partial charge in [-0.25, -0.2) is 4.79 Å². The van der Waals surface area contributed by atoms with Crippen molar-refractivity contribution in [3.63, 3.8) is 0 Å². The van der Waals surface area contributed by atoms with Crippen LogP contribution < -0.4 is 5.32 Å². The second-order valence-electron chi connectivity index (χ2n) is 5.46. The lowest BCUT2D eigenvalue weighted by atomic mass is 10.0. The molecule has 1 aromatic carbocycles. The van der Waals surface area contributed by atoms with Crippen molar-refractivity contribution in [2.45, 2.75) is 43.4 Å². The van der Waals surface area contributed by atoms with Gasteiger partial charge in [0, 0.05) is 4.90 Å². The zero-order valence-corrected chi connectivity index (χ0v) is 13.0. The molecule has 4 nitrogen and oxygen atoms in total. The van der Waals surface area contributed by atoms with Crippen LogP contribution in [0.25, 0.3) is 0 Å². The number of hydrogen-bond donors (Lipinski definition) is 2. The standard InChI is InChI=1S/C15H21NO3S/c1-10(2)12(13(17)18)16-14(19)15(3,4)20-11-8-6-5-7-9-11/h5-10,12H,1-4H3,(H,16,19)(H,17,18). The third-order valence-corrected chi connectivity index (χ3v) is 4.09. The summed E-state index contributed by atoms with van der Waals surface area (Å²) in [5.41, 5.74) is 0. The van der Waals surface area contributed by atoms with E-state index in [0.29, 0.717) is 0 Å². The Kier molecular flexibility index (Phi) is 5.62. The molecule has 1 unspecified atom stereocenters. The van der Waals surface area contributed by atoms with E-state index in [1.807, 2.05) is 30.3 Å². The normalized spacial score (nSPS) is 13.1. The number of carbonyl (C=O) groups excluding carboxylic acids is 1. The van der Waals surface area contributed by atoms with Crippen molar-refractivity contribution in [1.29, 1.82) is 0 Å². The number of aliphatic carboxylic acids is 1. The number of hydrogen-bond acceptors (Lipinski definition) is 3. The predicted molar refractivity (Wildman–Crippen MR) is 80.8 cm³/mol. The third-order valence-electron chi connectivity index (χ3n) is 2.88. The first kappa shape index (κ1) is 16.6. The highest BCUT2D eigenvalue weighted by atomic mass is 32.2. The summed E-state index contributed by atoms with van der Waals surface area (Å²) in [6, 6.07) is 8.72. The summed E-state index contributed by atoms with van der Waals surface area (Å²) < 4.78 is -0.732. The van der Waals surface area contributed by atoms with Gasteiger partial charge in [-0.1, -0.05) is 32.0 Å². The minimum absolute atomic E-state index is 0.158. The largest absolute Gasteiger partial charge is 0.480 e. The molecule has 0 aliphatic heterocycles. The van der Waals surface area contributed by atoms with Crippen molar-refractivity contribution in [2.24, 2.45) is 5.92 Å². The number of thioether (sulfide) groups is 1.